The van der Waals surface area contributed by atoms with E-state index in [2.05, 4.69) is 11.6 Å². The second-order valence-corrected chi connectivity index (χ2v) is 2.58. The first-order valence-corrected chi connectivity index (χ1v) is 3.95. The van der Waals surface area contributed by atoms with Crippen LogP contribution in [0.4, 0.5) is 0 Å². The summed E-state index contributed by atoms with van der Waals surface area (Å²) in [4.78, 5) is 15.1. The first kappa shape index (κ1) is 9.45. The highest BCUT2D eigenvalue weighted by atomic mass is 16.4. The van der Waals surface area contributed by atoms with Crippen molar-refractivity contribution < 1.29 is 4.42 Å². The lowest BCUT2D eigenvalue weighted by atomic mass is 10.4. The predicted octanol–water partition coefficient (Wildman–Crippen LogP) is 0.110. The van der Waals surface area contributed by atoms with Crippen LogP contribution in [0.15, 0.2) is 21.4 Å². The standard InChI is InChI=1S/C10H11NO2/c1-4-5-6-9-7(2)10(12)13-8(3)11-9/h4-6H,2H2,1,3H3/b5-4-,9-6+. The minimum absolute atomic E-state index is 0.295. The maximum absolute atomic E-state index is 11.1. The topological polar surface area (TPSA) is 43.1 Å². The zero-order chi connectivity index (χ0) is 9.84. The van der Waals surface area contributed by atoms with Crippen LogP contribution in [0, 0.1) is 6.92 Å². The molecule has 3 nitrogen and oxygen atoms in total. The van der Waals surface area contributed by atoms with Crippen LogP contribution in [0.25, 0.3) is 12.7 Å². The molecule has 0 bridgehead atoms. The van der Waals surface area contributed by atoms with Crippen molar-refractivity contribution in [2.75, 3.05) is 0 Å². The summed E-state index contributed by atoms with van der Waals surface area (Å²) in [6.45, 7) is 7.10. The van der Waals surface area contributed by atoms with Crippen LogP contribution in [-0.4, -0.2) is 4.98 Å². The molecule has 0 aliphatic heterocycles. The molecule has 0 saturated heterocycles. The monoisotopic (exact) mass is 177 g/mol. The summed E-state index contributed by atoms with van der Waals surface area (Å²) in [6.07, 6.45) is 5.38. The van der Waals surface area contributed by atoms with Gasteiger partial charge in [-0.25, -0.2) is 9.78 Å². The van der Waals surface area contributed by atoms with Gasteiger partial charge in [-0.05, 0) is 13.0 Å². The lowest BCUT2D eigenvalue weighted by Crippen LogP contribution is -2.39. The van der Waals surface area contributed by atoms with Gasteiger partial charge >= 0.3 is 5.63 Å². The van der Waals surface area contributed by atoms with Gasteiger partial charge in [-0.1, -0.05) is 18.7 Å². The maximum atomic E-state index is 11.1. The first-order valence-electron chi connectivity index (χ1n) is 3.95. The Morgan fingerprint density at radius 1 is 1.54 bits per heavy atom. The molecule has 0 aromatic carbocycles. The van der Waals surface area contributed by atoms with Gasteiger partial charge in [0.25, 0.3) is 0 Å². The highest BCUT2D eigenvalue weighted by Crippen LogP contribution is 1.76. The molecule has 0 amide bonds. The summed E-state index contributed by atoms with van der Waals surface area (Å²) in [5.74, 6) is 0.355. The van der Waals surface area contributed by atoms with Crippen molar-refractivity contribution in [2.24, 2.45) is 0 Å². The molecular formula is C10H11NO2. The molecule has 68 valence electrons. The van der Waals surface area contributed by atoms with Gasteiger partial charge in [0.2, 0.25) is 0 Å². The van der Waals surface area contributed by atoms with Gasteiger partial charge in [-0.3, -0.25) is 0 Å². The molecule has 0 unspecified atom stereocenters. The molecule has 1 heterocycles. The Labute approximate surface area is 75.7 Å². The second kappa shape index (κ2) is 3.85. The Balaban J connectivity index is 3.55. The fraction of sp³-hybridized carbons (Fsp3) is 0.200. The molecule has 1 rings (SSSR count). The number of rotatable bonds is 1. The van der Waals surface area contributed by atoms with E-state index in [1.807, 2.05) is 13.0 Å². The normalized spacial score (nSPS) is 12.6. The maximum Gasteiger partial charge on any atom is 0.346 e. The van der Waals surface area contributed by atoms with E-state index >= 15 is 0 Å². The Kier molecular flexibility index (Phi) is 2.80. The van der Waals surface area contributed by atoms with Gasteiger partial charge < -0.3 is 4.42 Å². The fourth-order valence-corrected chi connectivity index (χ4v) is 0.885. The Morgan fingerprint density at radius 3 is 2.85 bits per heavy atom. The largest absolute Gasteiger partial charge is 0.408 e. The summed E-state index contributed by atoms with van der Waals surface area (Å²) < 4.78 is 4.76. The summed E-state index contributed by atoms with van der Waals surface area (Å²) in [6, 6.07) is 0. The summed E-state index contributed by atoms with van der Waals surface area (Å²) in [7, 11) is 0. The molecule has 0 aliphatic rings. The molecule has 0 N–H and O–H groups in total. The highest BCUT2D eigenvalue weighted by Gasteiger charge is 1.94. The highest BCUT2D eigenvalue weighted by molar-refractivity contribution is 5.34. The van der Waals surface area contributed by atoms with Crippen molar-refractivity contribution in [2.45, 2.75) is 13.8 Å². The molecule has 3 heteroatoms. The van der Waals surface area contributed by atoms with Crippen LogP contribution >= 0.6 is 0 Å². The van der Waals surface area contributed by atoms with Crippen molar-refractivity contribution in [1.29, 1.82) is 0 Å². The van der Waals surface area contributed by atoms with E-state index in [9.17, 15) is 4.79 Å². The third kappa shape index (κ3) is 2.15. The number of allylic oxidation sites excluding steroid dienone is 2. The van der Waals surface area contributed by atoms with Crippen LogP contribution in [-0.2, 0) is 0 Å². The predicted molar refractivity (Wildman–Crippen MR) is 51.6 cm³/mol. The van der Waals surface area contributed by atoms with Crippen molar-refractivity contribution in [3.05, 3.63) is 39.0 Å². The van der Waals surface area contributed by atoms with Crippen molar-refractivity contribution >= 4 is 12.7 Å². The second-order valence-electron chi connectivity index (χ2n) is 2.58. The van der Waals surface area contributed by atoms with Crippen molar-refractivity contribution in [3.8, 4) is 0 Å². The Morgan fingerprint density at radius 2 is 2.23 bits per heavy atom. The van der Waals surface area contributed by atoms with Gasteiger partial charge in [0.15, 0.2) is 5.89 Å². The van der Waals surface area contributed by atoms with Gasteiger partial charge in [-0.2, -0.15) is 0 Å². The third-order valence-electron chi connectivity index (χ3n) is 1.52. The van der Waals surface area contributed by atoms with E-state index in [0.29, 0.717) is 16.5 Å². The van der Waals surface area contributed by atoms with Crippen LogP contribution in [0.2, 0.25) is 0 Å². The fourth-order valence-electron chi connectivity index (χ4n) is 0.885. The number of aromatic nitrogens is 1. The SMILES string of the molecule is C=c1c(=O)oc(C)n/c1=C/C=C\C. The van der Waals surface area contributed by atoms with Crippen molar-refractivity contribution in [3.63, 3.8) is 0 Å². The molecule has 0 atom stereocenters. The van der Waals surface area contributed by atoms with Crippen LogP contribution in [0.3, 0.4) is 0 Å². The van der Waals surface area contributed by atoms with Gasteiger partial charge in [0.1, 0.15) is 0 Å². The molecule has 0 spiro atoms. The minimum Gasteiger partial charge on any atom is -0.408 e. The molecule has 0 radical (unpaired) electrons. The first-order chi connectivity index (χ1) is 6.15. The van der Waals surface area contributed by atoms with Crippen LogP contribution < -0.4 is 16.2 Å². The van der Waals surface area contributed by atoms with Crippen LogP contribution in [0.1, 0.15) is 12.8 Å². The van der Waals surface area contributed by atoms with E-state index in [0.717, 1.165) is 0 Å². The molecule has 0 saturated carbocycles. The number of hydrogen-bond donors (Lipinski definition) is 0. The van der Waals surface area contributed by atoms with E-state index in [4.69, 9.17) is 4.42 Å². The molecule has 0 aliphatic carbocycles. The zero-order valence-electron chi connectivity index (χ0n) is 7.70. The van der Waals surface area contributed by atoms with E-state index < -0.39 is 5.63 Å². The van der Waals surface area contributed by atoms with Gasteiger partial charge in [-0.15, -0.1) is 0 Å². The Hall–Kier alpha value is -1.64. The molecule has 13 heavy (non-hydrogen) atoms. The average molecular weight is 177 g/mol. The lowest BCUT2D eigenvalue weighted by molar-refractivity contribution is 0.448. The van der Waals surface area contributed by atoms with Crippen molar-refractivity contribution in [1.82, 2.24) is 4.98 Å². The summed E-state index contributed by atoms with van der Waals surface area (Å²) in [5, 5.41) is 0.857. The number of nitrogens with zero attached hydrogens (tertiary/aromatic N) is 1. The van der Waals surface area contributed by atoms with E-state index in [-0.39, 0.29) is 0 Å². The average Bonchev–Trinajstić information content (AvgIpc) is 2.09. The number of aryl methyl sites for hydroxylation is 1. The zero-order valence-corrected chi connectivity index (χ0v) is 7.70. The summed E-state index contributed by atoms with van der Waals surface area (Å²) >= 11 is 0. The smallest absolute Gasteiger partial charge is 0.346 e. The quantitative estimate of drug-likeness (QED) is 0.611. The molecule has 1 aromatic heterocycles. The lowest BCUT2D eigenvalue weighted by Gasteiger charge is -1.89. The molecular weight excluding hydrogens is 166 g/mol. The van der Waals surface area contributed by atoms with Gasteiger partial charge in [0, 0.05) is 6.92 Å². The third-order valence-corrected chi connectivity index (χ3v) is 1.52. The van der Waals surface area contributed by atoms with Gasteiger partial charge in [0.05, 0.1) is 10.6 Å². The number of hydrogen-bond acceptors (Lipinski definition) is 3. The van der Waals surface area contributed by atoms with E-state index in [1.54, 1.807) is 19.1 Å². The molecule has 1 aromatic rings. The molecule has 0 fully saturated rings. The van der Waals surface area contributed by atoms with Crippen LogP contribution in [0.5, 0.6) is 0 Å². The van der Waals surface area contributed by atoms with E-state index in [1.165, 1.54) is 0 Å². The summed E-state index contributed by atoms with van der Waals surface area (Å²) in [5.41, 5.74) is -0.428. The Bertz CT molecular complexity index is 483. The minimum atomic E-state index is -0.428.